The summed E-state index contributed by atoms with van der Waals surface area (Å²) >= 11 is 12.6. The van der Waals surface area contributed by atoms with Gasteiger partial charge in [-0.3, -0.25) is 0 Å². The Labute approximate surface area is 73.0 Å². The molecule has 0 N–H and O–H groups in total. The van der Waals surface area contributed by atoms with E-state index in [1.807, 2.05) is 6.26 Å². The molecule has 0 saturated carbocycles. The monoisotopic (exact) mass is 194 g/mol. The van der Waals surface area contributed by atoms with Crippen molar-refractivity contribution in [3.8, 4) is 0 Å². The van der Waals surface area contributed by atoms with Gasteiger partial charge in [0.25, 0.3) is 0 Å². The van der Waals surface area contributed by atoms with Crippen LogP contribution in [0.1, 0.15) is 0 Å². The second-order valence-electron chi connectivity index (χ2n) is 1.49. The summed E-state index contributed by atoms with van der Waals surface area (Å²) < 4.78 is 0. The van der Waals surface area contributed by atoms with E-state index in [0.717, 1.165) is 5.03 Å². The molecule has 0 radical (unpaired) electrons. The molecule has 0 aliphatic rings. The highest BCUT2D eigenvalue weighted by Crippen LogP contribution is 2.19. The Morgan fingerprint density at radius 2 is 2.10 bits per heavy atom. The predicted molar refractivity (Wildman–Crippen MR) is 43.8 cm³/mol. The van der Waals surface area contributed by atoms with Crippen molar-refractivity contribution in [2.75, 3.05) is 6.26 Å². The Bertz CT molecular complexity index is 241. The zero-order valence-corrected chi connectivity index (χ0v) is 7.46. The molecule has 0 saturated heterocycles. The summed E-state index contributed by atoms with van der Waals surface area (Å²) in [6, 6.07) is 0. The van der Waals surface area contributed by atoms with Crippen molar-refractivity contribution in [2.24, 2.45) is 0 Å². The van der Waals surface area contributed by atoms with E-state index in [4.69, 9.17) is 23.2 Å². The fourth-order valence-corrected chi connectivity index (χ4v) is 1.06. The third-order valence-corrected chi connectivity index (χ3v) is 2.13. The van der Waals surface area contributed by atoms with Crippen molar-refractivity contribution in [1.82, 2.24) is 9.97 Å². The summed E-state index contributed by atoms with van der Waals surface area (Å²) in [4.78, 5) is 7.72. The van der Waals surface area contributed by atoms with Crippen LogP contribution >= 0.6 is 35.0 Å². The van der Waals surface area contributed by atoms with Gasteiger partial charge in [-0.2, -0.15) is 0 Å². The van der Waals surface area contributed by atoms with Crippen molar-refractivity contribution < 1.29 is 0 Å². The number of thioether (sulfide) groups is 1. The van der Waals surface area contributed by atoms with Crippen molar-refractivity contribution in [1.29, 1.82) is 0 Å². The van der Waals surface area contributed by atoms with Gasteiger partial charge in [0.1, 0.15) is 5.03 Å². The van der Waals surface area contributed by atoms with Gasteiger partial charge in [-0.1, -0.05) is 23.2 Å². The first kappa shape index (κ1) is 8.11. The molecule has 0 atom stereocenters. The number of nitrogens with zero attached hydrogens (tertiary/aromatic N) is 2. The lowest BCUT2D eigenvalue weighted by molar-refractivity contribution is 1.06. The van der Waals surface area contributed by atoms with E-state index in [1.165, 1.54) is 11.8 Å². The van der Waals surface area contributed by atoms with Crippen molar-refractivity contribution in [3.63, 3.8) is 0 Å². The van der Waals surface area contributed by atoms with Crippen LogP contribution in [0.4, 0.5) is 0 Å². The van der Waals surface area contributed by atoms with Gasteiger partial charge in [-0.15, -0.1) is 11.8 Å². The molecule has 1 heterocycles. The maximum Gasteiger partial charge on any atom is 0.167 e. The van der Waals surface area contributed by atoms with Crippen LogP contribution in [0.5, 0.6) is 0 Å². The number of halogens is 2. The predicted octanol–water partition coefficient (Wildman–Crippen LogP) is 2.51. The standard InChI is InChI=1S/C5H4Cl2N2S/c1-10-3-2-8-4(6)5(7)9-3/h2H,1H3. The zero-order chi connectivity index (χ0) is 7.56. The van der Waals surface area contributed by atoms with Gasteiger partial charge in [0.15, 0.2) is 10.3 Å². The number of aromatic nitrogens is 2. The molecular formula is C5H4Cl2N2S. The van der Waals surface area contributed by atoms with E-state index in [-0.39, 0.29) is 10.3 Å². The molecule has 0 spiro atoms. The van der Waals surface area contributed by atoms with Crippen LogP contribution in [0.2, 0.25) is 10.3 Å². The van der Waals surface area contributed by atoms with Crippen LogP contribution in [0.15, 0.2) is 11.2 Å². The Kier molecular flexibility index (Phi) is 2.77. The lowest BCUT2D eigenvalue weighted by Crippen LogP contribution is -1.83. The highest BCUT2D eigenvalue weighted by atomic mass is 35.5. The topological polar surface area (TPSA) is 25.8 Å². The second kappa shape index (κ2) is 3.42. The SMILES string of the molecule is CSc1cnc(Cl)c(Cl)n1. The van der Waals surface area contributed by atoms with Crippen LogP contribution in [-0.4, -0.2) is 16.2 Å². The largest absolute Gasteiger partial charge is 0.239 e. The summed E-state index contributed by atoms with van der Waals surface area (Å²) in [5.74, 6) is 0. The Hall–Kier alpha value is 0.01000. The minimum Gasteiger partial charge on any atom is -0.239 e. The van der Waals surface area contributed by atoms with Gasteiger partial charge in [0.05, 0.1) is 6.20 Å². The molecule has 0 unspecified atom stereocenters. The summed E-state index contributed by atoms with van der Waals surface area (Å²) in [6.07, 6.45) is 3.48. The Balaban J connectivity index is 3.04. The molecule has 0 aliphatic carbocycles. The van der Waals surface area contributed by atoms with Crippen LogP contribution in [0.3, 0.4) is 0 Å². The minimum atomic E-state index is 0.250. The molecule has 0 bridgehead atoms. The third kappa shape index (κ3) is 1.75. The van der Waals surface area contributed by atoms with E-state index in [0.29, 0.717) is 0 Å². The fourth-order valence-electron chi connectivity index (χ4n) is 0.435. The summed E-state index contributed by atoms with van der Waals surface area (Å²) in [6.45, 7) is 0. The van der Waals surface area contributed by atoms with Gasteiger partial charge >= 0.3 is 0 Å². The first-order valence-corrected chi connectivity index (χ1v) is 4.44. The van der Waals surface area contributed by atoms with Gasteiger partial charge in [-0.05, 0) is 6.26 Å². The van der Waals surface area contributed by atoms with E-state index in [2.05, 4.69) is 9.97 Å². The summed E-state index contributed by atoms with van der Waals surface area (Å²) in [5.41, 5.74) is 0. The first-order chi connectivity index (χ1) is 4.74. The normalized spacial score (nSPS) is 9.90. The van der Waals surface area contributed by atoms with Gasteiger partial charge in [-0.25, -0.2) is 9.97 Å². The highest BCUT2D eigenvalue weighted by Gasteiger charge is 1.99. The lowest BCUT2D eigenvalue weighted by Gasteiger charge is -1.95. The van der Waals surface area contributed by atoms with E-state index in [1.54, 1.807) is 6.20 Å². The fraction of sp³-hybridized carbons (Fsp3) is 0.200. The molecule has 54 valence electrons. The molecule has 1 aromatic heterocycles. The molecule has 2 nitrogen and oxygen atoms in total. The first-order valence-electron chi connectivity index (χ1n) is 2.46. The summed E-state index contributed by atoms with van der Waals surface area (Å²) in [5, 5.41) is 1.28. The Morgan fingerprint density at radius 3 is 2.60 bits per heavy atom. The molecule has 0 fully saturated rings. The number of hydrogen-bond donors (Lipinski definition) is 0. The van der Waals surface area contributed by atoms with Crippen LogP contribution in [0, 0.1) is 0 Å². The van der Waals surface area contributed by atoms with E-state index < -0.39 is 0 Å². The number of hydrogen-bond acceptors (Lipinski definition) is 3. The molecule has 5 heteroatoms. The van der Waals surface area contributed by atoms with E-state index >= 15 is 0 Å². The van der Waals surface area contributed by atoms with E-state index in [9.17, 15) is 0 Å². The number of rotatable bonds is 1. The Morgan fingerprint density at radius 1 is 1.40 bits per heavy atom. The van der Waals surface area contributed by atoms with Gasteiger partial charge in [0, 0.05) is 0 Å². The zero-order valence-electron chi connectivity index (χ0n) is 5.14. The van der Waals surface area contributed by atoms with Crippen molar-refractivity contribution >= 4 is 35.0 Å². The molecule has 0 aromatic carbocycles. The molecule has 0 aliphatic heterocycles. The molecule has 1 rings (SSSR count). The van der Waals surface area contributed by atoms with Crippen LogP contribution in [0.25, 0.3) is 0 Å². The molecular weight excluding hydrogens is 191 g/mol. The lowest BCUT2D eigenvalue weighted by atomic mass is 10.8. The smallest absolute Gasteiger partial charge is 0.167 e. The average Bonchev–Trinajstić information content (AvgIpc) is 1.95. The third-order valence-electron chi connectivity index (χ3n) is 0.876. The molecule has 1 aromatic rings. The maximum absolute atomic E-state index is 5.57. The van der Waals surface area contributed by atoms with Gasteiger partial charge < -0.3 is 0 Å². The molecule has 10 heavy (non-hydrogen) atoms. The van der Waals surface area contributed by atoms with Crippen LogP contribution in [-0.2, 0) is 0 Å². The minimum absolute atomic E-state index is 0.250. The quantitative estimate of drug-likeness (QED) is 0.644. The summed E-state index contributed by atoms with van der Waals surface area (Å²) in [7, 11) is 0. The van der Waals surface area contributed by atoms with Crippen molar-refractivity contribution in [3.05, 3.63) is 16.5 Å². The average molecular weight is 195 g/mol. The van der Waals surface area contributed by atoms with Crippen molar-refractivity contribution in [2.45, 2.75) is 5.03 Å². The second-order valence-corrected chi connectivity index (χ2v) is 3.04. The molecule has 0 amide bonds. The van der Waals surface area contributed by atoms with Gasteiger partial charge in [0.2, 0.25) is 0 Å². The highest BCUT2D eigenvalue weighted by molar-refractivity contribution is 7.98. The van der Waals surface area contributed by atoms with Crippen LogP contribution < -0.4 is 0 Å². The maximum atomic E-state index is 5.57.